The molecule has 120 valence electrons. The molecule has 4 nitrogen and oxygen atoms in total. The van der Waals surface area contributed by atoms with Crippen LogP contribution in [0.3, 0.4) is 0 Å². The van der Waals surface area contributed by atoms with Gasteiger partial charge >= 0.3 is 0 Å². The molecule has 2 aromatic rings. The Morgan fingerprint density at radius 2 is 1.78 bits per heavy atom. The molecule has 0 spiro atoms. The van der Waals surface area contributed by atoms with E-state index in [1.807, 2.05) is 44.2 Å². The lowest BCUT2D eigenvalue weighted by molar-refractivity contribution is -0.127. The highest BCUT2D eigenvalue weighted by Gasteiger charge is 2.14. The maximum atomic E-state index is 12.0. The number of ether oxygens (including phenoxy) is 1. The highest BCUT2D eigenvalue weighted by Crippen LogP contribution is 2.17. The van der Waals surface area contributed by atoms with Crippen molar-refractivity contribution in [2.24, 2.45) is 5.10 Å². The summed E-state index contributed by atoms with van der Waals surface area (Å²) in [6.45, 7) is 5.66. The number of hydrogen-bond donors (Lipinski definition) is 1. The molecule has 0 fully saturated rings. The molecule has 0 aliphatic heterocycles. The summed E-state index contributed by atoms with van der Waals surface area (Å²) < 4.78 is 5.65. The average Bonchev–Trinajstić information content (AvgIpc) is 2.48. The van der Waals surface area contributed by atoms with Gasteiger partial charge in [-0.1, -0.05) is 29.8 Å². The first-order valence-electron chi connectivity index (χ1n) is 7.27. The number of hydrazone groups is 1. The molecule has 1 N–H and O–H groups in total. The fourth-order valence-electron chi connectivity index (χ4n) is 2.07. The van der Waals surface area contributed by atoms with Crippen molar-refractivity contribution in [3.05, 3.63) is 64.2 Å². The van der Waals surface area contributed by atoms with Crippen LogP contribution in [-0.4, -0.2) is 18.2 Å². The van der Waals surface area contributed by atoms with Crippen molar-refractivity contribution < 1.29 is 9.53 Å². The third-order valence-electron chi connectivity index (χ3n) is 3.14. The van der Waals surface area contributed by atoms with E-state index in [0.29, 0.717) is 10.8 Å². The summed E-state index contributed by atoms with van der Waals surface area (Å²) in [6.07, 6.45) is 0.913. The summed E-state index contributed by atoms with van der Waals surface area (Å²) in [7, 11) is 0. The number of nitrogens with zero attached hydrogens (tertiary/aromatic N) is 1. The van der Waals surface area contributed by atoms with Crippen LogP contribution < -0.4 is 10.2 Å². The number of amides is 1. The minimum absolute atomic E-state index is 0.311. The van der Waals surface area contributed by atoms with E-state index in [1.165, 1.54) is 0 Å². The quantitative estimate of drug-likeness (QED) is 0.668. The molecule has 0 unspecified atom stereocenters. The van der Waals surface area contributed by atoms with Gasteiger partial charge in [-0.15, -0.1) is 0 Å². The average molecular weight is 331 g/mol. The fourth-order valence-corrected chi connectivity index (χ4v) is 2.19. The van der Waals surface area contributed by atoms with Crippen molar-refractivity contribution in [3.8, 4) is 5.75 Å². The molecule has 0 aliphatic rings. The molecule has 0 aromatic heterocycles. The predicted octanol–water partition coefficient (Wildman–Crippen LogP) is 3.87. The van der Waals surface area contributed by atoms with Crippen LogP contribution in [0.5, 0.6) is 5.75 Å². The molecule has 23 heavy (non-hydrogen) atoms. The number of aryl methyl sites for hydroxylation is 2. The second-order valence-electron chi connectivity index (χ2n) is 5.37. The normalized spacial score (nSPS) is 12.2. The van der Waals surface area contributed by atoms with Crippen molar-refractivity contribution in [1.82, 2.24) is 5.43 Å². The van der Waals surface area contributed by atoms with Gasteiger partial charge in [0.25, 0.3) is 5.91 Å². The minimum atomic E-state index is -0.640. The van der Waals surface area contributed by atoms with E-state index in [1.54, 1.807) is 25.3 Å². The predicted molar refractivity (Wildman–Crippen MR) is 93.2 cm³/mol. The molecule has 0 bridgehead atoms. The molecular formula is C18H19ClN2O2. The second-order valence-corrected chi connectivity index (χ2v) is 5.81. The van der Waals surface area contributed by atoms with Crippen molar-refractivity contribution in [1.29, 1.82) is 0 Å². The van der Waals surface area contributed by atoms with Gasteiger partial charge in [-0.25, -0.2) is 5.43 Å². The second kappa shape index (κ2) is 7.79. The van der Waals surface area contributed by atoms with E-state index >= 15 is 0 Å². The van der Waals surface area contributed by atoms with E-state index in [4.69, 9.17) is 16.3 Å². The Balaban J connectivity index is 1.90. The first kappa shape index (κ1) is 17.0. The van der Waals surface area contributed by atoms with Crippen molar-refractivity contribution in [3.63, 3.8) is 0 Å². The summed E-state index contributed by atoms with van der Waals surface area (Å²) in [5, 5.41) is 4.58. The zero-order valence-corrected chi connectivity index (χ0v) is 14.1. The van der Waals surface area contributed by atoms with Crippen LogP contribution in [0.4, 0.5) is 0 Å². The molecule has 5 heteroatoms. The first-order valence-corrected chi connectivity index (χ1v) is 7.65. The lowest BCUT2D eigenvalue weighted by atomic mass is 10.1. The van der Waals surface area contributed by atoms with Gasteiger partial charge in [0, 0.05) is 5.02 Å². The van der Waals surface area contributed by atoms with Gasteiger partial charge in [-0.3, -0.25) is 4.79 Å². The van der Waals surface area contributed by atoms with Crippen LogP contribution in [-0.2, 0) is 4.79 Å². The van der Waals surface area contributed by atoms with Crippen LogP contribution >= 0.6 is 11.6 Å². The Labute approximate surface area is 141 Å². The molecular weight excluding hydrogens is 312 g/mol. The number of carbonyl (C=O) groups is 1. The van der Waals surface area contributed by atoms with Gasteiger partial charge < -0.3 is 4.74 Å². The summed E-state index contributed by atoms with van der Waals surface area (Å²) in [6, 6.07) is 13.0. The van der Waals surface area contributed by atoms with Gasteiger partial charge in [-0.2, -0.15) is 5.10 Å². The van der Waals surface area contributed by atoms with E-state index < -0.39 is 6.10 Å². The Bertz CT molecular complexity index is 691. The number of hydrogen-bond acceptors (Lipinski definition) is 3. The highest BCUT2D eigenvalue weighted by atomic mass is 35.5. The van der Waals surface area contributed by atoms with Gasteiger partial charge in [0.2, 0.25) is 0 Å². The number of benzene rings is 2. The molecule has 0 heterocycles. The Morgan fingerprint density at radius 3 is 2.39 bits per heavy atom. The van der Waals surface area contributed by atoms with Crippen molar-refractivity contribution >= 4 is 23.7 Å². The summed E-state index contributed by atoms with van der Waals surface area (Å²) in [5.74, 6) is 0.362. The fraction of sp³-hybridized carbons (Fsp3) is 0.222. The van der Waals surface area contributed by atoms with E-state index in [-0.39, 0.29) is 5.91 Å². The highest BCUT2D eigenvalue weighted by molar-refractivity contribution is 6.30. The molecule has 0 radical (unpaired) electrons. The Morgan fingerprint density at radius 1 is 1.17 bits per heavy atom. The van der Waals surface area contributed by atoms with E-state index in [9.17, 15) is 4.79 Å². The SMILES string of the molecule is Cc1cc(C)cc(O[C@H](C)C(=O)NN=Cc2ccc(Cl)cc2)c1. The maximum Gasteiger partial charge on any atom is 0.280 e. The number of halogens is 1. The zero-order chi connectivity index (χ0) is 16.8. The lowest BCUT2D eigenvalue weighted by Gasteiger charge is -2.14. The third-order valence-corrected chi connectivity index (χ3v) is 3.39. The minimum Gasteiger partial charge on any atom is -0.481 e. The van der Waals surface area contributed by atoms with Gasteiger partial charge in [0.05, 0.1) is 6.21 Å². The van der Waals surface area contributed by atoms with E-state index in [0.717, 1.165) is 16.7 Å². The molecule has 1 atom stereocenters. The summed E-state index contributed by atoms with van der Waals surface area (Å²) in [4.78, 5) is 12.0. The maximum absolute atomic E-state index is 12.0. The number of carbonyl (C=O) groups excluding carboxylic acids is 1. The number of nitrogens with one attached hydrogen (secondary N) is 1. The van der Waals surface area contributed by atoms with Crippen molar-refractivity contribution in [2.45, 2.75) is 26.9 Å². The lowest BCUT2D eigenvalue weighted by Crippen LogP contribution is -2.33. The van der Waals surface area contributed by atoms with Crippen LogP contribution in [0.25, 0.3) is 0 Å². The smallest absolute Gasteiger partial charge is 0.280 e. The number of rotatable bonds is 5. The summed E-state index contributed by atoms with van der Waals surface area (Å²) >= 11 is 5.81. The van der Waals surface area contributed by atoms with Gasteiger partial charge in [0.1, 0.15) is 5.75 Å². The molecule has 2 aromatic carbocycles. The molecule has 0 saturated heterocycles. The molecule has 2 rings (SSSR count). The Kier molecular flexibility index (Phi) is 5.77. The summed E-state index contributed by atoms with van der Waals surface area (Å²) in [5.41, 5.74) is 5.49. The monoisotopic (exact) mass is 330 g/mol. The first-order chi connectivity index (χ1) is 10.9. The largest absolute Gasteiger partial charge is 0.481 e. The van der Waals surface area contributed by atoms with Crippen LogP contribution in [0.1, 0.15) is 23.6 Å². The standard InChI is InChI=1S/C18H19ClN2O2/c1-12-8-13(2)10-17(9-12)23-14(3)18(22)21-20-11-15-4-6-16(19)7-5-15/h4-11,14H,1-3H3,(H,21,22)/t14-/m1/s1. The van der Waals surface area contributed by atoms with Crippen LogP contribution in [0.2, 0.25) is 5.02 Å². The van der Waals surface area contributed by atoms with Crippen LogP contribution in [0, 0.1) is 13.8 Å². The van der Waals surface area contributed by atoms with Gasteiger partial charge in [0.15, 0.2) is 6.10 Å². The molecule has 0 aliphatic carbocycles. The van der Waals surface area contributed by atoms with Crippen LogP contribution in [0.15, 0.2) is 47.6 Å². The molecule has 1 amide bonds. The molecule has 0 saturated carbocycles. The third kappa shape index (κ3) is 5.42. The van der Waals surface area contributed by atoms with Crippen molar-refractivity contribution in [2.75, 3.05) is 0 Å². The topological polar surface area (TPSA) is 50.7 Å². The zero-order valence-electron chi connectivity index (χ0n) is 13.3. The Hall–Kier alpha value is -2.33. The van der Waals surface area contributed by atoms with Gasteiger partial charge in [-0.05, 0) is 61.7 Å². The van der Waals surface area contributed by atoms with E-state index in [2.05, 4.69) is 10.5 Å².